The van der Waals surface area contributed by atoms with Gasteiger partial charge in [0, 0.05) is 24.7 Å². The third-order valence-electron chi connectivity index (χ3n) is 5.87. The average molecular weight is 295 g/mol. The Kier molecular flexibility index (Phi) is 7.01. The Morgan fingerprint density at radius 2 is 1.81 bits per heavy atom. The van der Waals surface area contributed by atoms with Crippen LogP contribution in [0.3, 0.4) is 0 Å². The second kappa shape index (κ2) is 8.53. The fraction of sp³-hybridized carbons (Fsp3) is 1.00. The van der Waals surface area contributed by atoms with Crippen molar-refractivity contribution < 1.29 is 0 Å². The van der Waals surface area contributed by atoms with E-state index in [-0.39, 0.29) is 0 Å². The molecular formula is C19H38N2. The first-order chi connectivity index (χ1) is 10.2. The lowest BCUT2D eigenvalue weighted by atomic mass is 9.78. The molecular weight excluding hydrogens is 256 g/mol. The van der Waals surface area contributed by atoms with Crippen LogP contribution < -0.4 is 5.32 Å². The van der Waals surface area contributed by atoms with Gasteiger partial charge in [0.1, 0.15) is 0 Å². The van der Waals surface area contributed by atoms with Crippen LogP contribution in [-0.4, -0.2) is 36.1 Å². The Morgan fingerprint density at radius 3 is 2.52 bits per heavy atom. The minimum Gasteiger partial charge on any atom is -0.312 e. The van der Waals surface area contributed by atoms with Crippen molar-refractivity contribution in [1.29, 1.82) is 0 Å². The molecule has 5 atom stereocenters. The van der Waals surface area contributed by atoms with E-state index in [9.17, 15) is 0 Å². The summed E-state index contributed by atoms with van der Waals surface area (Å²) in [6.07, 6.45) is 11.2. The van der Waals surface area contributed by atoms with Gasteiger partial charge in [0.25, 0.3) is 0 Å². The van der Waals surface area contributed by atoms with Crippen LogP contribution in [0.1, 0.15) is 79.1 Å². The zero-order valence-corrected chi connectivity index (χ0v) is 14.9. The highest BCUT2D eigenvalue weighted by molar-refractivity contribution is 4.94. The van der Waals surface area contributed by atoms with Gasteiger partial charge in [0.15, 0.2) is 0 Å². The third-order valence-corrected chi connectivity index (χ3v) is 5.87. The number of piperidine rings is 1. The zero-order chi connectivity index (χ0) is 15.2. The molecule has 1 N–H and O–H groups in total. The Hall–Kier alpha value is -0.0800. The summed E-state index contributed by atoms with van der Waals surface area (Å²) in [5, 5.41) is 3.88. The van der Waals surface area contributed by atoms with E-state index in [0.29, 0.717) is 0 Å². The lowest BCUT2D eigenvalue weighted by Crippen LogP contribution is -2.58. The normalized spacial score (nSPS) is 38.6. The molecule has 0 spiro atoms. The predicted molar refractivity (Wildman–Crippen MR) is 92.7 cm³/mol. The minimum atomic E-state index is 0.741. The Labute approximate surface area is 133 Å². The summed E-state index contributed by atoms with van der Waals surface area (Å²) >= 11 is 0. The summed E-state index contributed by atoms with van der Waals surface area (Å²) in [6, 6.07) is 2.32. The smallest absolute Gasteiger partial charge is 0.0254 e. The molecule has 0 aromatic heterocycles. The molecule has 1 saturated heterocycles. The summed E-state index contributed by atoms with van der Waals surface area (Å²) in [4.78, 5) is 2.88. The molecule has 1 aliphatic carbocycles. The molecule has 2 aliphatic rings. The molecule has 2 fully saturated rings. The number of nitrogens with one attached hydrogen (secondary N) is 1. The van der Waals surface area contributed by atoms with Gasteiger partial charge in [-0.05, 0) is 63.8 Å². The van der Waals surface area contributed by atoms with E-state index < -0.39 is 0 Å². The van der Waals surface area contributed by atoms with Crippen LogP contribution in [0.4, 0.5) is 0 Å². The molecule has 1 heterocycles. The van der Waals surface area contributed by atoms with Gasteiger partial charge >= 0.3 is 0 Å². The molecule has 0 radical (unpaired) electrons. The molecule has 21 heavy (non-hydrogen) atoms. The van der Waals surface area contributed by atoms with Crippen molar-refractivity contribution >= 4 is 0 Å². The lowest BCUT2D eigenvalue weighted by molar-refractivity contribution is 0.0251. The van der Waals surface area contributed by atoms with Crippen molar-refractivity contribution in [1.82, 2.24) is 10.2 Å². The highest BCUT2D eigenvalue weighted by Gasteiger charge is 2.37. The molecule has 0 aromatic carbocycles. The van der Waals surface area contributed by atoms with Crippen molar-refractivity contribution in [2.75, 3.05) is 13.1 Å². The maximum atomic E-state index is 3.88. The van der Waals surface area contributed by atoms with E-state index in [4.69, 9.17) is 0 Å². The summed E-state index contributed by atoms with van der Waals surface area (Å²) in [5.41, 5.74) is 0. The highest BCUT2D eigenvalue weighted by atomic mass is 15.2. The maximum absolute atomic E-state index is 3.88. The number of rotatable bonds is 6. The van der Waals surface area contributed by atoms with Crippen molar-refractivity contribution in [2.24, 2.45) is 11.8 Å². The molecule has 124 valence electrons. The molecule has 0 amide bonds. The first kappa shape index (κ1) is 17.3. The fourth-order valence-electron chi connectivity index (χ4n) is 4.62. The summed E-state index contributed by atoms with van der Waals surface area (Å²) in [6.45, 7) is 12.1. The minimum absolute atomic E-state index is 0.741. The summed E-state index contributed by atoms with van der Waals surface area (Å²) < 4.78 is 0. The number of likely N-dealkylation sites (tertiary alicyclic amines) is 1. The van der Waals surface area contributed by atoms with Crippen LogP contribution in [0.25, 0.3) is 0 Å². The monoisotopic (exact) mass is 294 g/mol. The van der Waals surface area contributed by atoms with E-state index in [1.165, 1.54) is 64.5 Å². The molecule has 2 heteroatoms. The third kappa shape index (κ3) is 4.69. The van der Waals surface area contributed by atoms with E-state index in [2.05, 4.69) is 37.9 Å². The van der Waals surface area contributed by atoms with Crippen molar-refractivity contribution in [2.45, 2.75) is 97.2 Å². The molecule has 0 bridgehead atoms. The number of hydrogen-bond acceptors (Lipinski definition) is 2. The van der Waals surface area contributed by atoms with Gasteiger partial charge in [0.2, 0.25) is 0 Å². The fourth-order valence-corrected chi connectivity index (χ4v) is 4.62. The van der Waals surface area contributed by atoms with Gasteiger partial charge in [0.05, 0.1) is 0 Å². The topological polar surface area (TPSA) is 15.3 Å². The SMILES string of the molecule is CCCNC1CCC(CCC)CC1N1CC(C)CCC1C. The molecule has 2 nitrogen and oxygen atoms in total. The average Bonchev–Trinajstić information content (AvgIpc) is 2.48. The van der Waals surface area contributed by atoms with Gasteiger partial charge in [-0.1, -0.05) is 33.6 Å². The lowest BCUT2D eigenvalue weighted by Gasteiger charge is -2.48. The van der Waals surface area contributed by atoms with E-state index in [0.717, 1.165) is 30.0 Å². The van der Waals surface area contributed by atoms with Crippen LogP contribution in [-0.2, 0) is 0 Å². The standard InChI is InChI=1S/C19H38N2/c1-5-7-17-10-11-18(20-12-6-2)19(13-17)21-14-15(3)8-9-16(21)4/h15-20H,5-14H2,1-4H3. The second-order valence-corrected chi connectivity index (χ2v) is 7.82. The van der Waals surface area contributed by atoms with E-state index in [1.807, 2.05) is 0 Å². The van der Waals surface area contributed by atoms with Gasteiger partial charge in [-0.3, -0.25) is 4.90 Å². The molecule has 5 unspecified atom stereocenters. The van der Waals surface area contributed by atoms with Crippen LogP contribution in [0, 0.1) is 11.8 Å². The number of hydrogen-bond donors (Lipinski definition) is 1. The first-order valence-corrected chi connectivity index (χ1v) is 9.64. The van der Waals surface area contributed by atoms with E-state index in [1.54, 1.807) is 0 Å². The van der Waals surface area contributed by atoms with Crippen molar-refractivity contribution in [3.05, 3.63) is 0 Å². The van der Waals surface area contributed by atoms with Crippen molar-refractivity contribution in [3.8, 4) is 0 Å². The first-order valence-electron chi connectivity index (χ1n) is 9.64. The van der Waals surface area contributed by atoms with Crippen LogP contribution in [0.15, 0.2) is 0 Å². The second-order valence-electron chi connectivity index (χ2n) is 7.82. The molecule has 2 rings (SSSR count). The largest absolute Gasteiger partial charge is 0.312 e. The Morgan fingerprint density at radius 1 is 1.00 bits per heavy atom. The Bertz CT molecular complexity index is 291. The predicted octanol–water partition coefficient (Wildman–Crippen LogP) is 4.44. The van der Waals surface area contributed by atoms with Crippen LogP contribution >= 0.6 is 0 Å². The van der Waals surface area contributed by atoms with Gasteiger partial charge in [-0.25, -0.2) is 0 Å². The van der Waals surface area contributed by atoms with E-state index >= 15 is 0 Å². The highest BCUT2D eigenvalue weighted by Crippen LogP contribution is 2.35. The van der Waals surface area contributed by atoms with Crippen molar-refractivity contribution in [3.63, 3.8) is 0 Å². The molecule has 0 aromatic rings. The maximum Gasteiger partial charge on any atom is 0.0254 e. The Balaban J connectivity index is 2.03. The quantitative estimate of drug-likeness (QED) is 0.779. The summed E-state index contributed by atoms with van der Waals surface area (Å²) in [5.74, 6) is 1.86. The van der Waals surface area contributed by atoms with Gasteiger partial charge in [-0.15, -0.1) is 0 Å². The summed E-state index contributed by atoms with van der Waals surface area (Å²) in [7, 11) is 0. The molecule has 1 saturated carbocycles. The van der Waals surface area contributed by atoms with Crippen LogP contribution in [0.2, 0.25) is 0 Å². The molecule has 1 aliphatic heterocycles. The van der Waals surface area contributed by atoms with Crippen LogP contribution in [0.5, 0.6) is 0 Å². The number of nitrogens with zero attached hydrogens (tertiary/aromatic N) is 1. The van der Waals surface area contributed by atoms with Gasteiger partial charge < -0.3 is 5.32 Å². The zero-order valence-electron chi connectivity index (χ0n) is 14.9. The van der Waals surface area contributed by atoms with Gasteiger partial charge in [-0.2, -0.15) is 0 Å².